The molecule has 21 heavy (non-hydrogen) atoms. The Morgan fingerprint density at radius 1 is 1.00 bits per heavy atom. The molecule has 120 valence electrons. The highest BCUT2D eigenvalue weighted by atomic mass is 15.2. The van der Waals surface area contributed by atoms with E-state index >= 15 is 0 Å². The zero-order valence-corrected chi connectivity index (χ0v) is 14.9. The van der Waals surface area contributed by atoms with Gasteiger partial charge in [-0.15, -0.1) is 0 Å². The lowest BCUT2D eigenvalue weighted by atomic mass is 9.79. The molecule has 0 amide bonds. The van der Waals surface area contributed by atoms with Gasteiger partial charge in [-0.25, -0.2) is 0 Å². The Balaban J connectivity index is 3.18. The van der Waals surface area contributed by atoms with Crippen LogP contribution in [0.2, 0.25) is 0 Å². The minimum Gasteiger partial charge on any atom is -0.308 e. The fourth-order valence-corrected chi connectivity index (χ4v) is 3.40. The highest BCUT2D eigenvalue weighted by Crippen LogP contribution is 2.36. The number of nitrogens with one attached hydrogen (secondary N) is 1. The first-order valence-electron chi connectivity index (χ1n) is 8.55. The van der Waals surface area contributed by atoms with Gasteiger partial charge in [-0.3, -0.25) is 0 Å². The molecule has 0 aliphatic carbocycles. The fourth-order valence-electron chi connectivity index (χ4n) is 3.40. The summed E-state index contributed by atoms with van der Waals surface area (Å²) in [5, 5.41) is 3.81. The summed E-state index contributed by atoms with van der Waals surface area (Å²) in [4.78, 5) is 2.41. The van der Waals surface area contributed by atoms with Crippen LogP contribution in [0.15, 0.2) is 24.3 Å². The molecule has 0 spiro atoms. The van der Waals surface area contributed by atoms with E-state index in [4.69, 9.17) is 0 Å². The van der Waals surface area contributed by atoms with Crippen molar-refractivity contribution in [1.82, 2.24) is 10.2 Å². The van der Waals surface area contributed by atoms with Crippen molar-refractivity contribution in [2.45, 2.75) is 65.0 Å². The molecular weight excluding hydrogens is 256 g/mol. The quantitative estimate of drug-likeness (QED) is 0.724. The number of likely N-dealkylation sites (N-methyl/N-ethyl adjacent to an activating group) is 1. The molecular formula is C19H34N2. The first-order chi connectivity index (χ1) is 10.1. The average Bonchev–Trinajstić information content (AvgIpc) is 2.51. The largest absolute Gasteiger partial charge is 0.308 e. The summed E-state index contributed by atoms with van der Waals surface area (Å²) in [7, 11) is 4.43. The van der Waals surface area contributed by atoms with E-state index in [0.717, 1.165) is 25.8 Å². The summed E-state index contributed by atoms with van der Waals surface area (Å²) in [5.74, 6) is 0. The Labute approximate surface area is 131 Å². The third-order valence-corrected chi connectivity index (χ3v) is 4.97. The van der Waals surface area contributed by atoms with Gasteiger partial charge in [0.15, 0.2) is 0 Å². The van der Waals surface area contributed by atoms with E-state index in [-0.39, 0.29) is 5.54 Å². The molecule has 0 saturated carbocycles. The van der Waals surface area contributed by atoms with Crippen LogP contribution in [0.3, 0.4) is 0 Å². The molecule has 1 atom stereocenters. The van der Waals surface area contributed by atoms with Gasteiger partial charge < -0.3 is 10.2 Å². The van der Waals surface area contributed by atoms with E-state index in [1.54, 1.807) is 0 Å². The highest BCUT2D eigenvalue weighted by molar-refractivity contribution is 5.28. The van der Waals surface area contributed by atoms with Crippen molar-refractivity contribution >= 4 is 0 Å². The van der Waals surface area contributed by atoms with Crippen LogP contribution in [0, 0.1) is 0 Å². The summed E-state index contributed by atoms with van der Waals surface area (Å²) < 4.78 is 0. The number of hydrogen-bond donors (Lipinski definition) is 1. The van der Waals surface area contributed by atoms with Crippen LogP contribution in [0.1, 0.15) is 64.1 Å². The predicted molar refractivity (Wildman–Crippen MR) is 93.9 cm³/mol. The molecule has 0 aromatic heterocycles. The van der Waals surface area contributed by atoms with Gasteiger partial charge in [0, 0.05) is 5.54 Å². The predicted octanol–water partition coefficient (Wildman–Crippen LogP) is 4.41. The van der Waals surface area contributed by atoms with Crippen LogP contribution < -0.4 is 5.32 Å². The number of hydrogen-bond acceptors (Lipinski definition) is 2. The Morgan fingerprint density at radius 2 is 1.57 bits per heavy atom. The Bertz CT molecular complexity index is 391. The Hall–Kier alpha value is -0.860. The van der Waals surface area contributed by atoms with Crippen molar-refractivity contribution in [2.24, 2.45) is 0 Å². The van der Waals surface area contributed by atoms with E-state index in [9.17, 15) is 0 Å². The second-order valence-corrected chi connectivity index (χ2v) is 6.19. The van der Waals surface area contributed by atoms with Crippen LogP contribution in [-0.2, 0) is 6.42 Å². The highest BCUT2D eigenvalue weighted by Gasteiger charge is 2.38. The maximum absolute atomic E-state index is 3.81. The van der Waals surface area contributed by atoms with Crippen LogP contribution in [-0.4, -0.2) is 31.1 Å². The lowest BCUT2D eigenvalue weighted by Gasteiger charge is -2.46. The summed E-state index contributed by atoms with van der Waals surface area (Å²) in [6.45, 7) is 10.1. The fraction of sp³-hybridized carbons (Fsp3) is 0.684. The molecule has 1 rings (SSSR count). The standard InChI is InChI=1S/C19H34N2/c1-7-15-20-18(19(9-3,10-4)21(5)6)17-13-11-16(8-2)12-14-17/h11-14,18,20H,7-10,15H2,1-6H3. The first-order valence-corrected chi connectivity index (χ1v) is 8.55. The van der Waals surface area contributed by atoms with Gasteiger partial charge in [0.2, 0.25) is 0 Å². The number of benzene rings is 1. The average molecular weight is 290 g/mol. The van der Waals surface area contributed by atoms with E-state index in [0.29, 0.717) is 6.04 Å². The van der Waals surface area contributed by atoms with Crippen molar-refractivity contribution in [3.63, 3.8) is 0 Å². The summed E-state index contributed by atoms with van der Waals surface area (Å²) >= 11 is 0. The van der Waals surface area contributed by atoms with Crippen LogP contribution in [0.25, 0.3) is 0 Å². The summed E-state index contributed by atoms with van der Waals surface area (Å²) in [5.41, 5.74) is 3.00. The molecule has 2 heteroatoms. The molecule has 2 nitrogen and oxygen atoms in total. The van der Waals surface area contributed by atoms with Gasteiger partial charge in [-0.05, 0) is 57.5 Å². The lowest BCUT2D eigenvalue weighted by Crippen LogP contribution is -2.53. The van der Waals surface area contributed by atoms with Gasteiger partial charge in [0.05, 0.1) is 6.04 Å². The van der Waals surface area contributed by atoms with Crippen molar-refractivity contribution in [1.29, 1.82) is 0 Å². The molecule has 0 fully saturated rings. The molecule has 1 N–H and O–H groups in total. The van der Waals surface area contributed by atoms with Gasteiger partial charge in [-0.1, -0.05) is 52.0 Å². The van der Waals surface area contributed by atoms with E-state index in [1.165, 1.54) is 17.5 Å². The second kappa shape index (κ2) is 8.55. The topological polar surface area (TPSA) is 15.3 Å². The van der Waals surface area contributed by atoms with Crippen molar-refractivity contribution < 1.29 is 0 Å². The van der Waals surface area contributed by atoms with E-state index < -0.39 is 0 Å². The van der Waals surface area contributed by atoms with Gasteiger partial charge >= 0.3 is 0 Å². The van der Waals surface area contributed by atoms with Gasteiger partial charge in [-0.2, -0.15) is 0 Å². The number of rotatable bonds is 9. The molecule has 0 saturated heterocycles. The molecule has 1 unspecified atom stereocenters. The second-order valence-electron chi connectivity index (χ2n) is 6.19. The summed E-state index contributed by atoms with van der Waals surface area (Å²) in [6.07, 6.45) is 4.56. The van der Waals surface area contributed by atoms with Gasteiger partial charge in [0.25, 0.3) is 0 Å². The normalized spacial score (nSPS) is 13.7. The first kappa shape index (κ1) is 18.2. The minimum absolute atomic E-state index is 0.170. The summed E-state index contributed by atoms with van der Waals surface area (Å²) in [6, 6.07) is 9.57. The van der Waals surface area contributed by atoms with Crippen molar-refractivity contribution in [3.8, 4) is 0 Å². The third-order valence-electron chi connectivity index (χ3n) is 4.97. The SMILES string of the molecule is CCCNC(c1ccc(CC)cc1)C(CC)(CC)N(C)C. The molecule has 1 aromatic carbocycles. The van der Waals surface area contributed by atoms with E-state index in [2.05, 4.69) is 76.3 Å². The molecule has 1 aromatic rings. The Morgan fingerprint density at radius 3 is 1.95 bits per heavy atom. The maximum atomic E-state index is 3.81. The van der Waals surface area contributed by atoms with Crippen LogP contribution >= 0.6 is 0 Å². The molecule has 0 bridgehead atoms. The van der Waals surface area contributed by atoms with Gasteiger partial charge in [0.1, 0.15) is 0 Å². The molecule has 0 aliphatic rings. The Kier molecular flexibility index (Phi) is 7.41. The zero-order chi connectivity index (χ0) is 15.9. The van der Waals surface area contributed by atoms with Crippen LogP contribution in [0.4, 0.5) is 0 Å². The zero-order valence-electron chi connectivity index (χ0n) is 14.9. The maximum Gasteiger partial charge on any atom is 0.0506 e. The van der Waals surface area contributed by atoms with Crippen molar-refractivity contribution in [2.75, 3.05) is 20.6 Å². The minimum atomic E-state index is 0.170. The van der Waals surface area contributed by atoms with Crippen molar-refractivity contribution in [3.05, 3.63) is 35.4 Å². The number of aryl methyl sites for hydroxylation is 1. The molecule has 0 heterocycles. The molecule has 0 aliphatic heterocycles. The number of nitrogens with zero attached hydrogens (tertiary/aromatic N) is 1. The van der Waals surface area contributed by atoms with Crippen LogP contribution in [0.5, 0.6) is 0 Å². The van der Waals surface area contributed by atoms with E-state index in [1.807, 2.05) is 0 Å². The monoisotopic (exact) mass is 290 g/mol. The smallest absolute Gasteiger partial charge is 0.0506 e. The lowest BCUT2D eigenvalue weighted by molar-refractivity contribution is 0.0881. The third kappa shape index (κ3) is 4.08. The molecule has 0 radical (unpaired) electrons.